The summed E-state index contributed by atoms with van der Waals surface area (Å²) < 4.78 is 33.2. The number of imide groups is 1. The number of hydrogen-bond acceptors (Lipinski definition) is 5. The molecule has 1 saturated carbocycles. The van der Waals surface area contributed by atoms with Crippen molar-refractivity contribution < 1.29 is 22.7 Å². The molecule has 1 unspecified atom stereocenters. The van der Waals surface area contributed by atoms with Crippen molar-refractivity contribution in [3.05, 3.63) is 53.6 Å². The number of hydrogen-bond donors (Lipinski definition) is 0. The van der Waals surface area contributed by atoms with Crippen molar-refractivity contribution in [2.75, 3.05) is 11.5 Å². The molecule has 4 rings (SSSR count). The minimum atomic E-state index is -3.96. The monoisotopic (exact) mass is 448 g/mol. The number of amides is 2. The predicted molar refractivity (Wildman–Crippen MR) is 112 cm³/mol. The minimum Gasteiger partial charge on any atom is -0.494 e. The minimum absolute atomic E-state index is 0.0542. The number of nitrogens with zero attached hydrogens (tertiary/aromatic N) is 2. The molecule has 1 heterocycles. The second-order valence-corrected chi connectivity index (χ2v) is 9.51. The Bertz CT molecular complexity index is 1070. The molecular weight excluding hydrogens is 428 g/mol. The molecule has 1 aliphatic heterocycles. The van der Waals surface area contributed by atoms with Crippen LogP contribution in [0, 0.1) is 0 Å². The molecule has 9 heteroatoms. The highest BCUT2D eigenvalue weighted by atomic mass is 35.5. The third-order valence-corrected chi connectivity index (χ3v) is 7.36. The van der Waals surface area contributed by atoms with Crippen LogP contribution in [0.25, 0.3) is 0 Å². The van der Waals surface area contributed by atoms with E-state index in [2.05, 4.69) is 0 Å². The number of sulfonamides is 1. The lowest BCUT2D eigenvalue weighted by atomic mass is 10.2. The molecule has 7 nitrogen and oxygen atoms in total. The first kappa shape index (κ1) is 20.8. The van der Waals surface area contributed by atoms with Crippen molar-refractivity contribution in [2.45, 2.75) is 43.2 Å². The highest BCUT2D eigenvalue weighted by Crippen LogP contribution is 2.38. The van der Waals surface area contributed by atoms with E-state index >= 15 is 0 Å². The van der Waals surface area contributed by atoms with Crippen molar-refractivity contribution in [2.24, 2.45) is 0 Å². The lowest BCUT2D eigenvalue weighted by Crippen LogP contribution is -2.46. The van der Waals surface area contributed by atoms with Crippen LogP contribution in [0.1, 0.15) is 26.2 Å². The highest BCUT2D eigenvalue weighted by molar-refractivity contribution is 7.89. The molecule has 1 aliphatic carbocycles. The van der Waals surface area contributed by atoms with Crippen molar-refractivity contribution in [1.29, 1.82) is 0 Å². The summed E-state index contributed by atoms with van der Waals surface area (Å²) in [6.07, 6.45) is 1.14. The van der Waals surface area contributed by atoms with Crippen LogP contribution >= 0.6 is 11.6 Å². The zero-order valence-electron chi connectivity index (χ0n) is 16.3. The highest BCUT2D eigenvalue weighted by Gasteiger charge is 2.51. The topological polar surface area (TPSA) is 84.0 Å². The molecule has 0 aromatic heterocycles. The van der Waals surface area contributed by atoms with Gasteiger partial charge in [0, 0.05) is 11.1 Å². The van der Waals surface area contributed by atoms with Crippen LogP contribution in [-0.4, -0.2) is 43.2 Å². The van der Waals surface area contributed by atoms with Crippen LogP contribution in [-0.2, 0) is 19.6 Å². The van der Waals surface area contributed by atoms with Gasteiger partial charge < -0.3 is 4.74 Å². The largest absolute Gasteiger partial charge is 0.494 e. The van der Waals surface area contributed by atoms with Gasteiger partial charge in [0.15, 0.2) is 0 Å². The van der Waals surface area contributed by atoms with Crippen LogP contribution in [0.5, 0.6) is 5.75 Å². The Morgan fingerprint density at radius 1 is 1.07 bits per heavy atom. The number of rotatable bonds is 7. The van der Waals surface area contributed by atoms with Gasteiger partial charge in [0.25, 0.3) is 5.91 Å². The fourth-order valence-corrected chi connectivity index (χ4v) is 5.57. The van der Waals surface area contributed by atoms with E-state index in [0.29, 0.717) is 35.9 Å². The molecule has 0 spiro atoms. The molecule has 1 atom stereocenters. The zero-order chi connectivity index (χ0) is 21.5. The SMILES string of the molecule is CCOc1ccc(N2C(=O)CC(N(C3CC3)S(=O)(=O)c3ccc(Cl)cc3)C2=O)cc1. The fourth-order valence-electron chi connectivity index (χ4n) is 3.62. The summed E-state index contributed by atoms with van der Waals surface area (Å²) in [6.45, 7) is 2.36. The number of benzene rings is 2. The summed E-state index contributed by atoms with van der Waals surface area (Å²) in [5.74, 6) is -0.332. The molecule has 2 aromatic carbocycles. The average Bonchev–Trinajstić information content (AvgIpc) is 3.49. The van der Waals surface area contributed by atoms with E-state index in [0.717, 1.165) is 4.90 Å². The predicted octanol–water partition coefficient (Wildman–Crippen LogP) is 3.22. The number of carbonyl (C=O) groups excluding carboxylic acids is 2. The van der Waals surface area contributed by atoms with E-state index < -0.39 is 27.9 Å². The number of anilines is 1. The van der Waals surface area contributed by atoms with Gasteiger partial charge in [0.1, 0.15) is 11.8 Å². The quantitative estimate of drug-likeness (QED) is 0.607. The summed E-state index contributed by atoms with van der Waals surface area (Å²) in [5, 5.41) is 0.417. The third-order valence-electron chi connectivity index (χ3n) is 5.13. The summed E-state index contributed by atoms with van der Waals surface area (Å²) in [4.78, 5) is 27.0. The zero-order valence-corrected chi connectivity index (χ0v) is 17.9. The van der Waals surface area contributed by atoms with Gasteiger partial charge in [-0.1, -0.05) is 11.6 Å². The summed E-state index contributed by atoms with van der Waals surface area (Å²) in [5.41, 5.74) is 0.399. The maximum absolute atomic E-state index is 13.3. The number of carbonyl (C=O) groups is 2. The van der Waals surface area contributed by atoms with Crippen LogP contribution in [0.4, 0.5) is 5.69 Å². The Morgan fingerprint density at radius 3 is 2.27 bits per heavy atom. The Balaban J connectivity index is 1.64. The Labute approximate surface area is 180 Å². The Hall–Kier alpha value is -2.42. The summed E-state index contributed by atoms with van der Waals surface area (Å²) in [6, 6.07) is 11.1. The first-order valence-corrected chi connectivity index (χ1v) is 11.5. The maximum atomic E-state index is 13.3. The number of ether oxygens (including phenoxy) is 1. The van der Waals surface area contributed by atoms with Crippen molar-refractivity contribution >= 4 is 39.1 Å². The van der Waals surface area contributed by atoms with Crippen molar-refractivity contribution in [1.82, 2.24) is 4.31 Å². The van der Waals surface area contributed by atoms with Gasteiger partial charge >= 0.3 is 0 Å². The van der Waals surface area contributed by atoms with Gasteiger partial charge in [-0.25, -0.2) is 13.3 Å². The molecule has 30 heavy (non-hydrogen) atoms. The summed E-state index contributed by atoms with van der Waals surface area (Å²) >= 11 is 5.88. The second-order valence-electron chi connectivity index (χ2n) is 7.23. The molecule has 2 amide bonds. The first-order chi connectivity index (χ1) is 14.3. The van der Waals surface area contributed by atoms with Gasteiger partial charge in [-0.3, -0.25) is 9.59 Å². The van der Waals surface area contributed by atoms with Gasteiger partial charge in [-0.05, 0) is 68.3 Å². The lowest BCUT2D eigenvalue weighted by Gasteiger charge is -2.26. The smallest absolute Gasteiger partial charge is 0.252 e. The van der Waals surface area contributed by atoms with E-state index in [1.54, 1.807) is 24.3 Å². The molecule has 2 aromatic rings. The lowest BCUT2D eigenvalue weighted by molar-refractivity contribution is -0.122. The van der Waals surface area contributed by atoms with Gasteiger partial charge in [0.2, 0.25) is 15.9 Å². The van der Waals surface area contributed by atoms with E-state index in [-0.39, 0.29) is 17.4 Å². The Morgan fingerprint density at radius 2 is 1.70 bits per heavy atom. The maximum Gasteiger partial charge on any atom is 0.252 e. The van der Waals surface area contributed by atoms with Crippen LogP contribution in [0.2, 0.25) is 5.02 Å². The molecular formula is C21H21ClN2O5S. The molecule has 2 fully saturated rings. The number of halogens is 1. The fraction of sp³-hybridized carbons (Fsp3) is 0.333. The van der Waals surface area contributed by atoms with Gasteiger partial charge in [-0.2, -0.15) is 4.31 Å². The third kappa shape index (κ3) is 3.82. The molecule has 0 N–H and O–H groups in total. The molecule has 0 radical (unpaired) electrons. The Kier molecular flexibility index (Phi) is 5.57. The molecule has 158 valence electrons. The first-order valence-electron chi connectivity index (χ1n) is 9.71. The normalized spacial score (nSPS) is 19.6. The molecule has 0 bridgehead atoms. The second kappa shape index (κ2) is 8.02. The standard InChI is InChI=1S/C21H21ClN2O5S/c1-2-29-17-9-7-15(8-10-17)23-20(25)13-19(21(23)26)24(16-5-6-16)30(27,28)18-11-3-14(22)4-12-18/h3-4,7-12,16,19H,2,5-6,13H2,1H3. The van der Waals surface area contributed by atoms with Crippen molar-refractivity contribution in [3.8, 4) is 5.75 Å². The van der Waals surface area contributed by atoms with E-state index in [1.807, 2.05) is 6.92 Å². The van der Waals surface area contributed by atoms with Crippen LogP contribution < -0.4 is 9.64 Å². The van der Waals surface area contributed by atoms with E-state index in [4.69, 9.17) is 16.3 Å². The molecule has 1 saturated heterocycles. The van der Waals surface area contributed by atoms with Crippen molar-refractivity contribution in [3.63, 3.8) is 0 Å². The van der Waals surface area contributed by atoms with E-state index in [9.17, 15) is 18.0 Å². The van der Waals surface area contributed by atoms with Crippen LogP contribution in [0.3, 0.4) is 0 Å². The average molecular weight is 449 g/mol. The summed E-state index contributed by atoms with van der Waals surface area (Å²) in [7, 11) is -3.96. The van der Waals surface area contributed by atoms with Crippen LogP contribution in [0.15, 0.2) is 53.4 Å². The van der Waals surface area contributed by atoms with E-state index in [1.165, 1.54) is 28.6 Å². The van der Waals surface area contributed by atoms with Gasteiger partial charge in [-0.15, -0.1) is 0 Å². The van der Waals surface area contributed by atoms with Gasteiger partial charge in [0.05, 0.1) is 23.6 Å². The molecule has 2 aliphatic rings.